The van der Waals surface area contributed by atoms with Gasteiger partial charge in [0.25, 0.3) is 0 Å². The van der Waals surface area contributed by atoms with Crippen LogP contribution in [0.3, 0.4) is 0 Å². The molecule has 2 N–H and O–H groups in total. The highest BCUT2D eigenvalue weighted by Crippen LogP contribution is 2.24. The molecule has 118 valence electrons. The van der Waals surface area contributed by atoms with E-state index in [0.29, 0.717) is 0 Å². The van der Waals surface area contributed by atoms with E-state index in [-0.39, 0.29) is 18.0 Å². The van der Waals surface area contributed by atoms with Crippen molar-refractivity contribution in [3.05, 3.63) is 29.8 Å². The number of hydrogen-bond donors (Lipinski definition) is 1. The fourth-order valence-corrected chi connectivity index (χ4v) is 1.84. The second kappa shape index (κ2) is 6.48. The van der Waals surface area contributed by atoms with Crippen LogP contribution in [0.2, 0.25) is 0 Å². The van der Waals surface area contributed by atoms with Gasteiger partial charge in [-0.3, -0.25) is 4.79 Å². The van der Waals surface area contributed by atoms with Crippen LogP contribution in [0.15, 0.2) is 24.3 Å². The molecule has 0 aliphatic heterocycles. The topological polar surface area (TPSA) is 61.5 Å². The molecule has 1 aromatic rings. The van der Waals surface area contributed by atoms with E-state index in [1.165, 1.54) is 0 Å². The Labute approximate surface area is 127 Å². The largest absolute Gasteiger partial charge is 0.488 e. The van der Waals surface area contributed by atoms with Crippen molar-refractivity contribution < 1.29 is 14.3 Å². The number of ether oxygens (including phenoxy) is 2. The summed E-state index contributed by atoms with van der Waals surface area (Å²) in [6.07, 6.45) is 0.149. The van der Waals surface area contributed by atoms with E-state index in [0.717, 1.165) is 11.3 Å². The third-order valence-corrected chi connectivity index (χ3v) is 2.52. The maximum atomic E-state index is 11.8. The third-order valence-electron chi connectivity index (χ3n) is 2.52. The van der Waals surface area contributed by atoms with Gasteiger partial charge in [0.05, 0.1) is 6.42 Å². The molecule has 21 heavy (non-hydrogen) atoms. The molecular formula is C17H27NO3. The summed E-state index contributed by atoms with van der Waals surface area (Å²) in [4.78, 5) is 11.8. The molecule has 1 aromatic carbocycles. The first-order valence-electron chi connectivity index (χ1n) is 7.23. The molecule has 0 aliphatic carbocycles. The van der Waals surface area contributed by atoms with E-state index >= 15 is 0 Å². The lowest BCUT2D eigenvalue weighted by Crippen LogP contribution is -2.26. The predicted octanol–water partition coefficient (Wildman–Crippen LogP) is 3.60. The Kier molecular flexibility index (Phi) is 5.40. The van der Waals surface area contributed by atoms with E-state index in [2.05, 4.69) is 0 Å². The summed E-state index contributed by atoms with van der Waals surface area (Å²) in [6.45, 7) is 11.5. The summed E-state index contributed by atoms with van der Waals surface area (Å²) in [7, 11) is 0. The van der Waals surface area contributed by atoms with E-state index in [1.807, 2.05) is 65.8 Å². The lowest BCUT2D eigenvalue weighted by molar-refractivity contribution is -0.155. The Hall–Kier alpha value is -1.55. The standard InChI is InChI=1S/C17H27NO3/c1-16(2,3)20-13-9-7-8-12(10-13)14(18)11-15(19)21-17(4,5)6/h7-10,14H,11,18H2,1-6H3/t14-/m0/s1. The number of nitrogens with two attached hydrogens (primary N) is 1. The molecule has 0 radical (unpaired) electrons. The van der Waals surface area contributed by atoms with Gasteiger partial charge in [0, 0.05) is 6.04 Å². The molecule has 0 saturated heterocycles. The first-order chi connectivity index (χ1) is 9.46. The molecule has 1 atom stereocenters. The zero-order valence-electron chi connectivity index (χ0n) is 13.9. The molecule has 0 bridgehead atoms. The molecule has 0 aromatic heterocycles. The van der Waals surface area contributed by atoms with Crippen LogP contribution in [-0.2, 0) is 9.53 Å². The van der Waals surface area contributed by atoms with Crippen LogP contribution in [0.4, 0.5) is 0 Å². The van der Waals surface area contributed by atoms with Gasteiger partial charge in [-0.1, -0.05) is 12.1 Å². The Morgan fingerprint density at radius 3 is 2.29 bits per heavy atom. The van der Waals surface area contributed by atoms with Gasteiger partial charge in [-0.2, -0.15) is 0 Å². The van der Waals surface area contributed by atoms with Crippen LogP contribution >= 0.6 is 0 Å². The average Bonchev–Trinajstić information content (AvgIpc) is 2.23. The molecule has 4 nitrogen and oxygen atoms in total. The molecule has 0 saturated carbocycles. The van der Waals surface area contributed by atoms with Crippen LogP contribution < -0.4 is 10.5 Å². The highest BCUT2D eigenvalue weighted by atomic mass is 16.6. The first kappa shape index (κ1) is 17.5. The van der Waals surface area contributed by atoms with E-state index in [9.17, 15) is 4.79 Å². The van der Waals surface area contributed by atoms with Crippen molar-refractivity contribution in [1.82, 2.24) is 0 Å². The van der Waals surface area contributed by atoms with Gasteiger partial charge in [-0.05, 0) is 59.2 Å². The normalized spacial score (nSPS) is 13.7. The van der Waals surface area contributed by atoms with Crippen LogP contribution in [0.1, 0.15) is 59.6 Å². The minimum atomic E-state index is -0.492. The van der Waals surface area contributed by atoms with Crippen LogP contribution in [0.5, 0.6) is 5.75 Å². The van der Waals surface area contributed by atoms with E-state index < -0.39 is 11.6 Å². The Morgan fingerprint density at radius 2 is 1.76 bits per heavy atom. The summed E-state index contributed by atoms with van der Waals surface area (Å²) in [5, 5.41) is 0. The molecule has 0 heterocycles. The predicted molar refractivity (Wildman–Crippen MR) is 84.2 cm³/mol. The highest BCUT2D eigenvalue weighted by molar-refractivity contribution is 5.71. The van der Waals surface area contributed by atoms with Gasteiger partial charge in [0.2, 0.25) is 0 Å². The van der Waals surface area contributed by atoms with Gasteiger partial charge in [-0.15, -0.1) is 0 Å². The second-order valence-corrected chi connectivity index (χ2v) is 7.18. The Bertz CT molecular complexity index is 484. The summed E-state index contributed by atoms with van der Waals surface area (Å²) >= 11 is 0. The van der Waals surface area contributed by atoms with Crippen molar-refractivity contribution in [3.8, 4) is 5.75 Å². The second-order valence-electron chi connectivity index (χ2n) is 7.18. The van der Waals surface area contributed by atoms with Crippen LogP contribution in [-0.4, -0.2) is 17.2 Å². The van der Waals surface area contributed by atoms with E-state index in [4.69, 9.17) is 15.2 Å². The molecule has 0 fully saturated rings. The SMILES string of the molecule is CC(C)(C)OC(=O)C[C@H](N)c1cccc(OC(C)(C)C)c1. The molecular weight excluding hydrogens is 266 g/mol. The smallest absolute Gasteiger partial charge is 0.308 e. The van der Waals surface area contributed by atoms with Gasteiger partial charge in [-0.25, -0.2) is 0 Å². The van der Waals surface area contributed by atoms with Gasteiger partial charge in [0.1, 0.15) is 17.0 Å². The lowest BCUT2D eigenvalue weighted by atomic mass is 10.0. The summed E-state index contributed by atoms with van der Waals surface area (Å²) in [5.74, 6) is 0.455. The van der Waals surface area contributed by atoms with Crippen molar-refractivity contribution in [2.75, 3.05) is 0 Å². The van der Waals surface area contributed by atoms with Gasteiger partial charge >= 0.3 is 5.97 Å². The number of carbonyl (C=O) groups is 1. The zero-order valence-corrected chi connectivity index (χ0v) is 13.9. The molecule has 0 amide bonds. The number of carbonyl (C=O) groups excluding carboxylic acids is 1. The fraction of sp³-hybridized carbons (Fsp3) is 0.588. The summed E-state index contributed by atoms with van der Waals surface area (Å²) in [6, 6.07) is 7.13. The average molecular weight is 293 g/mol. The van der Waals surface area contributed by atoms with Gasteiger partial charge in [0.15, 0.2) is 0 Å². The molecule has 1 rings (SSSR count). The zero-order chi connectivity index (χ0) is 16.3. The lowest BCUT2D eigenvalue weighted by Gasteiger charge is -2.23. The number of rotatable bonds is 4. The Morgan fingerprint density at radius 1 is 1.14 bits per heavy atom. The quantitative estimate of drug-likeness (QED) is 0.862. The minimum absolute atomic E-state index is 0.149. The number of benzene rings is 1. The maximum absolute atomic E-state index is 11.8. The first-order valence-corrected chi connectivity index (χ1v) is 7.23. The Balaban J connectivity index is 2.72. The van der Waals surface area contributed by atoms with Crippen LogP contribution in [0.25, 0.3) is 0 Å². The fourth-order valence-electron chi connectivity index (χ4n) is 1.84. The maximum Gasteiger partial charge on any atom is 0.308 e. The molecule has 4 heteroatoms. The molecule has 0 aliphatic rings. The monoisotopic (exact) mass is 293 g/mol. The van der Waals surface area contributed by atoms with Crippen molar-refractivity contribution in [2.45, 2.75) is 65.2 Å². The van der Waals surface area contributed by atoms with Crippen molar-refractivity contribution in [1.29, 1.82) is 0 Å². The highest BCUT2D eigenvalue weighted by Gasteiger charge is 2.20. The summed E-state index contributed by atoms with van der Waals surface area (Å²) < 4.78 is 11.1. The molecule has 0 unspecified atom stereocenters. The van der Waals surface area contributed by atoms with Crippen LogP contribution in [0, 0.1) is 0 Å². The number of hydrogen-bond acceptors (Lipinski definition) is 4. The van der Waals surface area contributed by atoms with E-state index in [1.54, 1.807) is 0 Å². The molecule has 0 spiro atoms. The summed E-state index contributed by atoms with van der Waals surface area (Å²) in [5.41, 5.74) is 6.19. The van der Waals surface area contributed by atoms with Crippen molar-refractivity contribution >= 4 is 5.97 Å². The van der Waals surface area contributed by atoms with Crippen molar-refractivity contribution in [2.24, 2.45) is 5.73 Å². The minimum Gasteiger partial charge on any atom is -0.488 e. The number of esters is 1. The van der Waals surface area contributed by atoms with Crippen molar-refractivity contribution in [3.63, 3.8) is 0 Å². The third kappa shape index (κ3) is 7.14. The van der Waals surface area contributed by atoms with Gasteiger partial charge < -0.3 is 15.2 Å².